The number of nitrogens with one attached hydrogen (secondary N) is 1. The van der Waals surface area contributed by atoms with Gasteiger partial charge in [-0.3, -0.25) is 4.79 Å². The van der Waals surface area contributed by atoms with Crippen LogP contribution in [0.25, 0.3) is 0 Å². The number of anilines is 1. The molecule has 1 aliphatic heterocycles. The zero-order valence-corrected chi connectivity index (χ0v) is 15.4. The second-order valence-electron chi connectivity index (χ2n) is 6.75. The number of carbonyl (C=O) groups excluding carboxylic acids is 1. The Kier molecular flexibility index (Phi) is 5.07. The third-order valence-electron chi connectivity index (χ3n) is 4.79. The first-order valence-corrected chi connectivity index (χ1v) is 9.32. The minimum atomic E-state index is 0.164. The third kappa shape index (κ3) is 3.89. The average molecular weight is 372 g/mol. The molecule has 0 aliphatic carbocycles. The van der Waals surface area contributed by atoms with Gasteiger partial charge in [-0.1, -0.05) is 6.07 Å². The van der Waals surface area contributed by atoms with Crippen LogP contribution in [-0.2, 0) is 11.2 Å². The van der Waals surface area contributed by atoms with Gasteiger partial charge in [0.05, 0.1) is 5.56 Å². The van der Waals surface area contributed by atoms with Crippen LogP contribution in [0.1, 0.15) is 36.2 Å². The van der Waals surface area contributed by atoms with Crippen molar-refractivity contribution < 1.29 is 9.53 Å². The zero-order valence-electron chi connectivity index (χ0n) is 15.4. The van der Waals surface area contributed by atoms with E-state index in [4.69, 9.17) is 4.74 Å². The molecule has 2 heterocycles. The van der Waals surface area contributed by atoms with Crippen LogP contribution in [0.15, 0.2) is 54.9 Å². The van der Waals surface area contributed by atoms with Crippen molar-refractivity contribution in [3.63, 3.8) is 0 Å². The van der Waals surface area contributed by atoms with Gasteiger partial charge in [0.1, 0.15) is 23.4 Å². The molecule has 1 aliphatic rings. The lowest BCUT2D eigenvalue weighted by atomic mass is 10.1. The number of benzene rings is 2. The van der Waals surface area contributed by atoms with Gasteiger partial charge >= 0.3 is 0 Å². The Morgan fingerprint density at radius 2 is 2.04 bits per heavy atom. The smallest absolute Gasteiger partial charge is 0.226 e. The first-order chi connectivity index (χ1) is 13.7. The minimum absolute atomic E-state index is 0.164. The van der Waals surface area contributed by atoms with Gasteiger partial charge in [-0.25, -0.2) is 4.98 Å². The quantitative estimate of drug-likeness (QED) is 0.728. The maximum Gasteiger partial charge on any atom is 0.226 e. The number of H-pyrrole nitrogens is 1. The Hall–Kier alpha value is -3.59. The molecule has 0 saturated carbocycles. The van der Waals surface area contributed by atoms with E-state index in [0.29, 0.717) is 29.9 Å². The Balaban J connectivity index is 1.53. The number of rotatable bonds is 5. The molecule has 6 nitrogen and oxygen atoms in total. The Morgan fingerprint density at radius 1 is 1.18 bits per heavy atom. The largest absolute Gasteiger partial charge is 0.456 e. The summed E-state index contributed by atoms with van der Waals surface area (Å²) in [6.45, 7) is 0.756. The summed E-state index contributed by atoms with van der Waals surface area (Å²) >= 11 is 0. The fourth-order valence-electron chi connectivity index (χ4n) is 3.34. The molecule has 0 spiro atoms. The van der Waals surface area contributed by atoms with Crippen molar-refractivity contribution in [1.29, 1.82) is 5.26 Å². The van der Waals surface area contributed by atoms with Crippen LogP contribution >= 0.6 is 0 Å². The molecule has 0 atom stereocenters. The highest BCUT2D eigenvalue weighted by atomic mass is 16.5. The van der Waals surface area contributed by atoms with Gasteiger partial charge < -0.3 is 14.6 Å². The number of hydrogen-bond donors (Lipinski definition) is 1. The molecule has 0 bridgehead atoms. The van der Waals surface area contributed by atoms with Crippen molar-refractivity contribution in [3.05, 3.63) is 71.8 Å². The first kappa shape index (κ1) is 17.8. The maximum atomic E-state index is 12.1. The van der Waals surface area contributed by atoms with Gasteiger partial charge in [0.2, 0.25) is 5.91 Å². The van der Waals surface area contributed by atoms with E-state index in [0.717, 1.165) is 36.5 Å². The maximum absolute atomic E-state index is 12.1. The number of hydrogen-bond acceptors (Lipinski definition) is 4. The number of piperidine rings is 1. The van der Waals surface area contributed by atoms with Gasteiger partial charge in [0, 0.05) is 37.5 Å². The first-order valence-electron chi connectivity index (χ1n) is 9.32. The molecular weight excluding hydrogens is 352 g/mol. The fourth-order valence-corrected chi connectivity index (χ4v) is 3.34. The van der Waals surface area contributed by atoms with Crippen LogP contribution in [0, 0.1) is 11.3 Å². The number of imidazole rings is 1. The zero-order chi connectivity index (χ0) is 19.3. The lowest BCUT2D eigenvalue weighted by molar-refractivity contribution is -0.119. The topological polar surface area (TPSA) is 82.0 Å². The van der Waals surface area contributed by atoms with Crippen molar-refractivity contribution >= 4 is 11.6 Å². The van der Waals surface area contributed by atoms with E-state index in [9.17, 15) is 10.1 Å². The van der Waals surface area contributed by atoms with Crippen molar-refractivity contribution in [2.45, 2.75) is 25.7 Å². The molecule has 1 aromatic heterocycles. The van der Waals surface area contributed by atoms with Gasteiger partial charge in [-0.05, 0) is 54.8 Å². The summed E-state index contributed by atoms with van der Waals surface area (Å²) < 4.78 is 5.97. The molecule has 4 rings (SSSR count). The number of nitrogens with zero attached hydrogens (tertiary/aromatic N) is 3. The molecule has 0 radical (unpaired) electrons. The van der Waals surface area contributed by atoms with Crippen LogP contribution in [0.4, 0.5) is 5.69 Å². The summed E-state index contributed by atoms with van der Waals surface area (Å²) in [7, 11) is 0. The number of ether oxygens (including phenoxy) is 1. The second kappa shape index (κ2) is 7.97. The highest BCUT2D eigenvalue weighted by Gasteiger charge is 2.19. The predicted octanol–water partition coefficient (Wildman–Crippen LogP) is 4.18. The van der Waals surface area contributed by atoms with E-state index in [-0.39, 0.29) is 5.91 Å². The molecule has 1 amide bonds. The fraction of sp³-hybridized carbons (Fsp3) is 0.227. The van der Waals surface area contributed by atoms with Crippen molar-refractivity contribution in [2.24, 2.45) is 0 Å². The van der Waals surface area contributed by atoms with Gasteiger partial charge in [-0.2, -0.15) is 5.26 Å². The Labute approximate surface area is 163 Å². The SMILES string of the molecule is N#Cc1ccc(Cc2ncc[nH]2)cc1Oc1ccc(N2CCCCC2=O)cc1. The van der Waals surface area contributed by atoms with Crippen LogP contribution in [0.2, 0.25) is 0 Å². The highest BCUT2D eigenvalue weighted by Crippen LogP contribution is 2.29. The van der Waals surface area contributed by atoms with Crippen LogP contribution < -0.4 is 9.64 Å². The summed E-state index contributed by atoms with van der Waals surface area (Å²) in [5.41, 5.74) is 2.35. The molecule has 1 saturated heterocycles. The number of amides is 1. The van der Waals surface area contributed by atoms with Crippen LogP contribution in [0.5, 0.6) is 11.5 Å². The van der Waals surface area contributed by atoms with E-state index < -0.39 is 0 Å². The van der Waals surface area contributed by atoms with Crippen molar-refractivity contribution in [3.8, 4) is 17.6 Å². The van der Waals surface area contributed by atoms with Gasteiger partial charge in [0.15, 0.2) is 0 Å². The highest BCUT2D eigenvalue weighted by molar-refractivity contribution is 5.94. The second-order valence-corrected chi connectivity index (χ2v) is 6.75. The molecule has 1 fully saturated rings. The van der Waals surface area contributed by atoms with E-state index in [1.165, 1.54) is 0 Å². The molecular formula is C22H20N4O2. The Bertz CT molecular complexity index is 1000. The Morgan fingerprint density at radius 3 is 2.75 bits per heavy atom. The summed E-state index contributed by atoms with van der Waals surface area (Å²) in [5, 5.41) is 9.39. The molecule has 28 heavy (non-hydrogen) atoms. The number of nitriles is 1. The van der Waals surface area contributed by atoms with E-state index in [1.807, 2.05) is 41.3 Å². The van der Waals surface area contributed by atoms with E-state index in [2.05, 4.69) is 16.0 Å². The summed E-state index contributed by atoms with van der Waals surface area (Å²) in [6, 6.07) is 15.1. The van der Waals surface area contributed by atoms with Crippen LogP contribution in [-0.4, -0.2) is 22.4 Å². The summed E-state index contributed by atoms with van der Waals surface area (Å²) in [5.74, 6) is 2.15. The number of aromatic nitrogens is 2. The van der Waals surface area contributed by atoms with Gasteiger partial charge in [0.25, 0.3) is 0 Å². The molecule has 2 aromatic carbocycles. The monoisotopic (exact) mass is 372 g/mol. The average Bonchev–Trinajstić information content (AvgIpc) is 3.22. The van der Waals surface area contributed by atoms with Crippen LogP contribution in [0.3, 0.4) is 0 Å². The number of carbonyl (C=O) groups is 1. The van der Waals surface area contributed by atoms with Crippen molar-refractivity contribution in [1.82, 2.24) is 9.97 Å². The summed E-state index contributed by atoms with van der Waals surface area (Å²) in [4.78, 5) is 21.2. The standard InChI is InChI=1S/C22H20N4O2/c23-15-17-5-4-16(14-21-24-10-11-25-21)13-20(17)28-19-8-6-18(7-9-19)26-12-2-1-3-22(26)27/h4-11,13H,1-3,12,14H2,(H,24,25). The van der Waals surface area contributed by atoms with Gasteiger partial charge in [-0.15, -0.1) is 0 Å². The minimum Gasteiger partial charge on any atom is -0.456 e. The predicted molar refractivity (Wildman–Crippen MR) is 105 cm³/mol. The number of aromatic amines is 1. The summed E-state index contributed by atoms with van der Waals surface area (Å²) in [6.07, 6.45) is 6.72. The molecule has 3 aromatic rings. The molecule has 6 heteroatoms. The third-order valence-corrected chi connectivity index (χ3v) is 4.79. The normalized spacial score (nSPS) is 14.0. The lowest BCUT2D eigenvalue weighted by Crippen LogP contribution is -2.35. The molecule has 1 N–H and O–H groups in total. The van der Waals surface area contributed by atoms with E-state index >= 15 is 0 Å². The van der Waals surface area contributed by atoms with E-state index in [1.54, 1.807) is 18.5 Å². The lowest BCUT2D eigenvalue weighted by Gasteiger charge is -2.26. The molecule has 140 valence electrons. The van der Waals surface area contributed by atoms with Crippen molar-refractivity contribution in [2.75, 3.05) is 11.4 Å². The molecule has 0 unspecified atom stereocenters.